The van der Waals surface area contributed by atoms with Gasteiger partial charge in [-0.05, 0) is 6.42 Å². The SMILES string of the molecule is CCC(C(=O)CO)=C(C#N)C(=O)O. The van der Waals surface area contributed by atoms with E-state index in [0.29, 0.717) is 0 Å². The molecule has 0 unspecified atom stereocenters. The zero-order valence-corrected chi connectivity index (χ0v) is 7.07. The highest BCUT2D eigenvalue weighted by molar-refractivity contribution is 6.05. The van der Waals surface area contributed by atoms with Crippen LogP contribution in [-0.2, 0) is 9.59 Å². The smallest absolute Gasteiger partial charge is 0.346 e. The number of rotatable bonds is 4. The van der Waals surface area contributed by atoms with Crippen molar-refractivity contribution in [2.24, 2.45) is 0 Å². The lowest BCUT2D eigenvalue weighted by Gasteiger charge is -2.01. The molecule has 0 aliphatic carbocycles. The Hall–Kier alpha value is -1.67. The molecule has 0 saturated heterocycles. The Morgan fingerprint density at radius 2 is 2.00 bits per heavy atom. The third kappa shape index (κ3) is 2.69. The van der Waals surface area contributed by atoms with Crippen LogP contribution in [0.4, 0.5) is 0 Å². The van der Waals surface area contributed by atoms with Crippen molar-refractivity contribution < 1.29 is 19.8 Å². The van der Waals surface area contributed by atoms with Gasteiger partial charge < -0.3 is 10.2 Å². The average molecular weight is 183 g/mol. The number of nitriles is 1. The topological polar surface area (TPSA) is 98.4 Å². The number of nitrogens with zero attached hydrogens (tertiary/aromatic N) is 1. The van der Waals surface area contributed by atoms with Crippen LogP contribution in [0.2, 0.25) is 0 Å². The molecule has 13 heavy (non-hydrogen) atoms. The Labute approximate surface area is 74.9 Å². The lowest BCUT2D eigenvalue weighted by molar-refractivity contribution is -0.132. The summed E-state index contributed by atoms with van der Waals surface area (Å²) in [5.41, 5.74) is -0.737. The summed E-state index contributed by atoms with van der Waals surface area (Å²) in [6, 6.07) is 1.42. The van der Waals surface area contributed by atoms with Crippen molar-refractivity contribution in [3.63, 3.8) is 0 Å². The van der Waals surface area contributed by atoms with Crippen LogP contribution in [0.5, 0.6) is 0 Å². The van der Waals surface area contributed by atoms with Gasteiger partial charge in [-0.2, -0.15) is 5.26 Å². The number of aliphatic hydroxyl groups excluding tert-OH is 1. The van der Waals surface area contributed by atoms with Crippen LogP contribution in [-0.4, -0.2) is 28.6 Å². The van der Waals surface area contributed by atoms with Crippen LogP contribution in [0.25, 0.3) is 0 Å². The van der Waals surface area contributed by atoms with Gasteiger partial charge in [0, 0.05) is 5.57 Å². The monoisotopic (exact) mass is 183 g/mol. The van der Waals surface area contributed by atoms with Gasteiger partial charge in [0.05, 0.1) is 0 Å². The Kier molecular flexibility index (Phi) is 4.41. The van der Waals surface area contributed by atoms with E-state index in [1.165, 1.54) is 6.07 Å². The molecule has 0 heterocycles. The van der Waals surface area contributed by atoms with Crippen molar-refractivity contribution in [1.82, 2.24) is 0 Å². The van der Waals surface area contributed by atoms with Crippen LogP contribution >= 0.6 is 0 Å². The van der Waals surface area contributed by atoms with Crippen molar-refractivity contribution in [3.05, 3.63) is 11.1 Å². The molecule has 5 heteroatoms. The summed E-state index contributed by atoms with van der Waals surface area (Å²) >= 11 is 0. The maximum absolute atomic E-state index is 10.9. The van der Waals surface area contributed by atoms with Crippen LogP contribution < -0.4 is 0 Å². The fourth-order valence-corrected chi connectivity index (χ4v) is 0.853. The number of hydrogen-bond donors (Lipinski definition) is 2. The third-order valence-electron chi connectivity index (χ3n) is 1.46. The van der Waals surface area contributed by atoms with Crippen molar-refractivity contribution in [1.29, 1.82) is 5.26 Å². The normalized spacial score (nSPS) is 11.5. The fourth-order valence-electron chi connectivity index (χ4n) is 0.853. The van der Waals surface area contributed by atoms with Crippen molar-refractivity contribution in [2.45, 2.75) is 13.3 Å². The van der Waals surface area contributed by atoms with Gasteiger partial charge in [0.2, 0.25) is 0 Å². The van der Waals surface area contributed by atoms with Gasteiger partial charge in [-0.3, -0.25) is 4.79 Å². The van der Waals surface area contributed by atoms with E-state index < -0.39 is 23.9 Å². The van der Waals surface area contributed by atoms with Gasteiger partial charge in [0.15, 0.2) is 5.78 Å². The first-order valence-corrected chi connectivity index (χ1v) is 3.59. The molecule has 5 nitrogen and oxygen atoms in total. The lowest BCUT2D eigenvalue weighted by atomic mass is 10.0. The molecule has 0 bridgehead atoms. The molecule has 0 saturated carbocycles. The molecule has 0 fully saturated rings. The van der Waals surface area contributed by atoms with E-state index in [-0.39, 0.29) is 12.0 Å². The Morgan fingerprint density at radius 3 is 2.23 bits per heavy atom. The number of carbonyl (C=O) groups is 2. The van der Waals surface area contributed by atoms with Crippen LogP contribution in [0.1, 0.15) is 13.3 Å². The quantitative estimate of drug-likeness (QED) is 0.467. The molecule has 0 aromatic heterocycles. The summed E-state index contributed by atoms with van der Waals surface area (Å²) in [6.07, 6.45) is 0.120. The second-order valence-corrected chi connectivity index (χ2v) is 2.21. The highest BCUT2D eigenvalue weighted by Crippen LogP contribution is 2.09. The molecule has 0 aromatic carbocycles. The molecule has 70 valence electrons. The molecule has 0 spiro atoms. The molecule has 0 radical (unpaired) electrons. The Morgan fingerprint density at radius 1 is 1.46 bits per heavy atom. The Balaban J connectivity index is 5.21. The summed E-state index contributed by atoms with van der Waals surface area (Å²) in [5.74, 6) is -2.16. The van der Waals surface area contributed by atoms with E-state index in [4.69, 9.17) is 15.5 Å². The zero-order valence-electron chi connectivity index (χ0n) is 7.07. The maximum Gasteiger partial charge on any atom is 0.346 e. The molecular formula is C8H9NO4. The number of carbonyl (C=O) groups excluding carboxylic acids is 1. The number of carboxylic acids is 1. The highest BCUT2D eigenvalue weighted by Gasteiger charge is 2.17. The number of ketones is 1. The second kappa shape index (κ2) is 5.06. The molecule has 0 aromatic rings. The fraction of sp³-hybridized carbons (Fsp3) is 0.375. The van der Waals surface area contributed by atoms with E-state index in [1.54, 1.807) is 6.92 Å². The van der Waals surface area contributed by atoms with E-state index in [1.807, 2.05) is 0 Å². The summed E-state index contributed by atoms with van der Waals surface area (Å²) in [7, 11) is 0. The summed E-state index contributed by atoms with van der Waals surface area (Å²) in [4.78, 5) is 21.4. The van der Waals surface area contributed by atoms with Crippen molar-refractivity contribution >= 4 is 11.8 Å². The molecule has 2 N–H and O–H groups in total. The molecule has 0 aliphatic heterocycles. The lowest BCUT2D eigenvalue weighted by Crippen LogP contribution is -2.13. The predicted molar refractivity (Wildman–Crippen MR) is 42.7 cm³/mol. The number of hydrogen-bond acceptors (Lipinski definition) is 4. The average Bonchev–Trinajstić information content (AvgIpc) is 2.12. The summed E-state index contributed by atoms with van der Waals surface area (Å²) < 4.78 is 0. The maximum atomic E-state index is 10.9. The zero-order chi connectivity index (χ0) is 10.4. The largest absolute Gasteiger partial charge is 0.477 e. The van der Waals surface area contributed by atoms with Gasteiger partial charge in [-0.1, -0.05) is 6.92 Å². The predicted octanol–water partition coefficient (Wildman–Crippen LogP) is -0.137. The minimum atomic E-state index is -1.44. The van der Waals surface area contributed by atoms with Crippen molar-refractivity contribution in [3.8, 4) is 6.07 Å². The number of Topliss-reactive ketones (excluding diaryl/α,β-unsaturated/α-hetero) is 1. The number of carboxylic acid groups (broad SMARTS) is 1. The summed E-state index contributed by atoms with van der Waals surface area (Å²) in [5, 5.41) is 25.4. The third-order valence-corrected chi connectivity index (χ3v) is 1.46. The molecule has 0 rings (SSSR count). The van der Waals surface area contributed by atoms with Gasteiger partial charge >= 0.3 is 5.97 Å². The van der Waals surface area contributed by atoms with Crippen LogP contribution in [0, 0.1) is 11.3 Å². The van der Waals surface area contributed by atoms with Crippen LogP contribution in [0.15, 0.2) is 11.1 Å². The first kappa shape index (κ1) is 11.3. The van der Waals surface area contributed by atoms with E-state index in [0.717, 1.165) is 0 Å². The number of aliphatic carboxylic acids is 1. The Bertz CT molecular complexity index is 298. The molecule has 0 atom stereocenters. The first-order chi connectivity index (χ1) is 6.08. The minimum absolute atomic E-state index is 0.120. The molecule has 0 aliphatic rings. The van der Waals surface area contributed by atoms with Gasteiger partial charge in [0.25, 0.3) is 0 Å². The van der Waals surface area contributed by atoms with E-state index in [9.17, 15) is 9.59 Å². The minimum Gasteiger partial charge on any atom is -0.477 e. The highest BCUT2D eigenvalue weighted by atomic mass is 16.4. The first-order valence-electron chi connectivity index (χ1n) is 3.59. The van der Waals surface area contributed by atoms with E-state index >= 15 is 0 Å². The van der Waals surface area contributed by atoms with Crippen LogP contribution in [0.3, 0.4) is 0 Å². The second-order valence-electron chi connectivity index (χ2n) is 2.21. The summed E-state index contributed by atoms with van der Waals surface area (Å²) in [6.45, 7) is 0.769. The molecular weight excluding hydrogens is 174 g/mol. The standard InChI is InChI=1S/C8H9NO4/c1-2-5(7(11)4-10)6(3-9)8(12)13/h10H,2,4H2,1H3,(H,12,13). The van der Waals surface area contributed by atoms with Gasteiger partial charge in [-0.15, -0.1) is 0 Å². The van der Waals surface area contributed by atoms with Gasteiger partial charge in [-0.25, -0.2) is 4.79 Å². The van der Waals surface area contributed by atoms with Crippen molar-refractivity contribution in [2.75, 3.05) is 6.61 Å². The number of aliphatic hydroxyl groups is 1. The van der Waals surface area contributed by atoms with Gasteiger partial charge in [0.1, 0.15) is 18.2 Å². The van der Waals surface area contributed by atoms with E-state index in [2.05, 4.69) is 0 Å². The molecule has 0 amide bonds.